The second kappa shape index (κ2) is 6.72. The van der Waals surface area contributed by atoms with Crippen molar-refractivity contribution in [3.05, 3.63) is 0 Å². The maximum atomic E-state index is 9.64. The second-order valence-corrected chi connectivity index (χ2v) is 10.6. The summed E-state index contributed by atoms with van der Waals surface area (Å²) in [5.74, 6) is 0. The first kappa shape index (κ1) is 17.2. The number of halogens is 1. The van der Waals surface area contributed by atoms with Gasteiger partial charge in [-0.1, -0.05) is 0 Å². The maximum absolute atomic E-state index is 9.64. The molecule has 0 radical (unpaired) electrons. The number of nitrogens with zero attached hydrogens (tertiary/aromatic N) is 2. The van der Waals surface area contributed by atoms with Crippen LogP contribution < -0.4 is 0 Å². The standard InChI is InChI=1S/C14H27ClN2OP/c1-12(2)17(13(3)4)14(5,11-16)18-19(15)9-7-6-8-10-19/h12-13H,6-10H2,1-5H3/q+1. The van der Waals surface area contributed by atoms with Crippen LogP contribution in [0.15, 0.2) is 0 Å². The van der Waals surface area contributed by atoms with Crippen molar-refractivity contribution in [2.75, 3.05) is 12.3 Å². The lowest BCUT2D eigenvalue weighted by Crippen LogP contribution is -2.54. The highest BCUT2D eigenvalue weighted by Gasteiger charge is 2.51. The average Bonchev–Trinajstić information content (AvgIpc) is 2.27. The van der Waals surface area contributed by atoms with Gasteiger partial charge in [-0.05, 0) is 53.9 Å². The van der Waals surface area contributed by atoms with Gasteiger partial charge in [-0.2, -0.15) is 9.79 Å². The molecule has 0 aromatic carbocycles. The van der Waals surface area contributed by atoms with Gasteiger partial charge in [0.2, 0.25) is 6.84 Å². The molecule has 1 aliphatic heterocycles. The SMILES string of the molecule is CC(C)N(C(C)C)C(C)(C#N)O[P+]1(Cl)CCCCC1. The molecule has 1 rings (SSSR count). The minimum absolute atomic E-state index is 0.248. The van der Waals surface area contributed by atoms with E-state index in [1.807, 2.05) is 6.92 Å². The van der Waals surface area contributed by atoms with E-state index in [1.54, 1.807) is 0 Å². The lowest BCUT2D eigenvalue weighted by Gasteiger charge is -2.41. The van der Waals surface area contributed by atoms with Gasteiger partial charge in [0.1, 0.15) is 29.6 Å². The summed E-state index contributed by atoms with van der Waals surface area (Å²) < 4.78 is 6.24. The predicted octanol–water partition coefficient (Wildman–Crippen LogP) is 4.63. The predicted molar refractivity (Wildman–Crippen MR) is 83.6 cm³/mol. The second-order valence-electron chi connectivity index (χ2n) is 6.08. The maximum Gasteiger partial charge on any atom is 0.250 e. The van der Waals surface area contributed by atoms with Gasteiger partial charge in [-0.15, -0.1) is 0 Å². The molecule has 0 aromatic heterocycles. The molecule has 0 amide bonds. The van der Waals surface area contributed by atoms with Gasteiger partial charge in [0, 0.05) is 12.1 Å². The molecule has 1 unspecified atom stereocenters. The highest BCUT2D eigenvalue weighted by Crippen LogP contribution is 2.69. The van der Waals surface area contributed by atoms with Gasteiger partial charge < -0.3 is 0 Å². The van der Waals surface area contributed by atoms with E-state index in [-0.39, 0.29) is 12.1 Å². The zero-order valence-corrected chi connectivity index (χ0v) is 14.5. The molecule has 1 heterocycles. The Balaban J connectivity index is 2.93. The fraction of sp³-hybridized carbons (Fsp3) is 0.929. The van der Waals surface area contributed by atoms with E-state index in [4.69, 9.17) is 15.8 Å². The molecular formula is C14H27ClN2OP+. The third-order valence-electron chi connectivity index (χ3n) is 3.64. The number of hydrogen-bond acceptors (Lipinski definition) is 3. The third kappa shape index (κ3) is 4.30. The molecule has 19 heavy (non-hydrogen) atoms. The summed E-state index contributed by atoms with van der Waals surface area (Å²) in [7, 11) is 0. The largest absolute Gasteiger partial charge is 0.255 e. The van der Waals surface area contributed by atoms with Crippen molar-refractivity contribution in [3.63, 3.8) is 0 Å². The molecule has 1 fully saturated rings. The van der Waals surface area contributed by atoms with Crippen molar-refractivity contribution in [3.8, 4) is 6.07 Å². The molecule has 1 atom stereocenters. The Morgan fingerprint density at radius 2 is 1.63 bits per heavy atom. The van der Waals surface area contributed by atoms with Gasteiger partial charge >= 0.3 is 0 Å². The van der Waals surface area contributed by atoms with Crippen molar-refractivity contribution >= 4 is 18.1 Å². The van der Waals surface area contributed by atoms with E-state index in [2.05, 4.69) is 38.7 Å². The summed E-state index contributed by atoms with van der Waals surface area (Å²) in [4.78, 5) is 2.12. The Labute approximate surface area is 123 Å². The first-order valence-corrected chi connectivity index (χ1v) is 10.2. The van der Waals surface area contributed by atoms with E-state index >= 15 is 0 Å². The summed E-state index contributed by atoms with van der Waals surface area (Å²) in [5, 5.41) is 9.64. The molecule has 110 valence electrons. The van der Waals surface area contributed by atoms with Crippen molar-refractivity contribution < 1.29 is 4.52 Å². The topological polar surface area (TPSA) is 36.3 Å². The lowest BCUT2D eigenvalue weighted by molar-refractivity contribution is -0.0573. The molecular weight excluding hydrogens is 279 g/mol. The molecule has 0 N–H and O–H groups in total. The van der Waals surface area contributed by atoms with E-state index in [9.17, 15) is 5.26 Å². The monoisotopic (exact) mass is 305 g/mol. The fourth-order valence-corrected chi connectivity index (χ4v) is 6.79. The van der Waals surface area contributed by atoms with Gasteiger partial charge in [-0.25, -0.2) is 0 Å². The van der Waals surface area contributed by atoms with Crippen LogP contribution in [-0.4, -0.2) is 35.0 Å². The minimum atomic E-state index is -1.93. The summed E-state index contributed by atoms with van der Waals surface area (Å²) in [5.41, 5.74) is -0.921. The van der Waals surface area contributed by atoms with Crippen molar-refractivity contribution in [2.45, 2.75) is 71.7 Å². The van der Waals surface area contributed by atoms with Gasteiger partial charge in [0.15, 0.2) is 0 Å². The zero-order chi connectivity index (χ0) is 14.7. The zero-order valence-electron chi connectivity index (χ0n) is 12.8. The number of rotatable bonds is 5. The normalized spacial score (nSPS) is 22.5. The van der Waals surface area contributed by atoms with Crippen LogP contribution in [0.1, 0.15) is 53.9 Å². The Morgan fingerprint density at radius 3 is 2.00 bits per heavy atom. The minimum Gasteiger partial charge on any atom is -0.255 e. The molecule has 1 saturated heterocycles. The van der Waals surface area contributed by atoms with Gasteiger partial charge in [0.25, 0.3) is 5.72 Å². The van der Waals surface area contributed by atoms with Crippen LogP contribution >= 0.6 is 18.1 Å². The summed E-state index contributed by atoms with van der Waals surface area (Å²) in [6.07, 6.45) is 5.37. The smallest absolute Gasteiger partial charge is 0.250 e. The molecule has 0 aromatic rings. The van der Waals surface area contributed by atoms with E-state index in [1.165, 1.54) is 6.42 Å². The third-order valence-corrected chi connectivity index (χ3v) is 7.51. The fourth-order valence-electron chi connectivity index (χ4n) is 3.10. The van der Waals surface area contributed by atoms with E-state index < -0.39 is 12.6 Å². The van der Waals surface area contributed by atoms with Crippen LogP contribution in [-0.2, 0) is 4.52 Å². The highest BCUT2D eigenvalue weighted by atomic mass is 35.7. The first-order valence-electron chi connectivity index (χ1n) is 7.21. The van der Waals surface area contributed by atoms with Gasteiger partial charge in [0.05, 0.1) is 0 Å². The van der Waals surface area contributed by atoms with Crippen LogP contribution in [0, 0.1) is 11.3 Å². The summed E-state index contributed by atoms with van der Waals surface area (Å²) in [6.45, 7) is 8.33. The van der Waals surface area contributed by atoms with E-state index in [0.717, 1.165) is 25.2 Å². The first-order chi connectivity index (χ1) is 8.74. The van der Waals surface area contributed by atoms with Crippen LogP contribution in [0.5, 0.6) is 0 Å². The molecule has 0 saturated carbocycles. The summed E-state index contributed by atoms with van der Waals surface area (Å²) >= 11 is 6.70. The Hall–Kier alpha value is 0.130. The van der Waals surface area contributed by atoms with E-state index in [0.29, 0.717) is 0 Å². The van der Waals surface area contributed by atoms with Crippen LogP contribution in [0.2, 0.25) is 0 Å². The van der Waals surface area contributed by atoms with Crippen molar-refractivity contribution in [1.82, 2.24) is 4.90 Å². The average molecular weight is 306 g/mol. The molecule has 0 aliphatic carbocycles. The quantitative estimate of drug-likeness (QED) is 0.549. The lowest BCUT2D eigenvalue weighted by atomic mass is 10.1. The van der Waals surface area contributed by atoms with Crippen molar-refractivity contribution in [1.29, 1.82) is 5.26 Å². The highest BCUT2D eigenvalue weighted by molar-refractivity contribution is 7.95. The molecule has 3 nitrogen and oxygen atoms in total. The molecule has 5 heteroatoms. The molecule has 1 aliphatic rings. The van der Waals surface area contributed by atoms with Crippen LogP contribution in [0.4, 0.5) is 0 Å². The Kier molecular flexibility index (Phi) is 6.08. The molecule has 0 spiro atoms. The number of nitriles is 1. The Bertz CT molecular complexity index is 329. The van der Waals surface area contributed by atoms with Crippen LogP contribution in [0.3, 0.4) is 0 Å². The van der Waals surface area contributed by atoms with Crippen LogP contribution in [0.25, 0.3) is 0 Å². The molecule has 0 bridgehead atoms. The van der Waals surface area contributed by atoms with Gasteiger partial charge in [-0.3, -0.25) is 4.90 Å². The Morgan fingerprint density at radius 1 is 1.16 bits per heavy atom. The summed E-state index contributed by atoms with van der Waals surface area (Å²) in [6, 6.07) is 2.86. The number of hydrogen-bond donors (Lipinski definition) is 0. The van der Waals surface area contributed by atoms with Crippen molar-refractivity contribution in [2.24, 2.45) is 0 Å².